The molecule has 0 heterocycles. The average Bonchev–Trinajstić information content (AvgIpc) is 2.76. The standard InChI is InChI=1S/C24H29F3N4O4/c1-15(14-31(5)22(34)35-23(2,3)4)20(32)29-30-21(33)18-8-6-7-9-19(18)28-17-12-10-16(11-13-17)24(25,26)27/h6-13,15,28H,14H2,1-5H3,(H,29,32)(H,30,33). The lowest BCUT2D eigenvalue weighted by Crippen LogP contribution is -2.47. The molecule has 8 nitrogen and oxygen atoms in total. The molecule has 35 heavy (non-hydrogen) atoms. The van der Waals surface area contributed by atoms with E-state index in [2.05, 4.69) is 16.2 Å². The fourth-order valence-corrected chi connectivity index (χ4v) is 2.91. The van der Waals surface area contributed by atoms with Crippen LogP contribution in [0.1, 0.15) is 43.6 Å². The van der Waals surface area contributed by atoms with Crippen LogP contribution in [0, 0.1) is 5.92 Å². The van der Waals surface area contributed by atoms with Gasteiger partial charge in [-0.3, -0.25) is 20.4 Å². The van der Waals surface area contributed by atoms with E-state index >= 15 is 0 Å². The molecule has 0 saturated heterocycles. The van der Waals surface area contributed by atoms with Crippen LogP contribution in [0.5, 0.6) is 0 Å². The van der Waals surface area contributed by atoms with Crippen molar-refractivity contribution in [3.63, 3.8) is 0 Å². The van der Waals surface area contributed by atoms with Crippen molar-refractivity contribution in [3.8, 4) is 0 Å². The topological polar surface area (TPSA) is 99.8 Å². The van der Waals surface area contributed by atoms with Gasteiger partial charge in [-0.25, -0.2) is 4.79 Å². The molecule has 190 valence electrons. The molecule has 0 aliphatic rings. The van der Waals surface area contributed by atoms with Crippen LogP contribution in [0.15, 0.2) is 48.5 Å². The molecule has 0 aliphatic carbocycles. The normalized spacial score (nSPS) is 12.3. The van der Waals surface area contributed by atoms with Crippen molar-refractivity contribution >= 4 is 29.3 Å². The molecule has 3 amide bonds. The average molecular weight is 495 g/mol. The highest BCUT2D eigenvalue weighted by molar-refractivity contribution is 6.01. The van der Waals surface area contributed by atoms with Gasteiger partial charge < -0.3 is 15.0 Å². The van der Waals surface area contributed by atoms with Crippen molar-refractivity contribution in [2.24, 2.45) is 5.92 Å². The Bertz CT molecular complexity index is 1050. The molecule has 0 bridgehead atoms. The number of carbonyl (C=O) groups is 3. The molecule has 1 unspecified atom stereocenters. The van der Waals surface area contributed by atoms with E-state index < -0.39 is 41.2 Å². The number of para-hydroxylation sites is 1. The number of halogens is 3. The number of hydrogen-bond acceptors (Lipinski definition) is 5. The molecule has 3 N–H and O–H groups in total. The monoisotopic (exact) mass is 494 g/mol. The third-order valence-electron chi connectivity index (χ3n) is 4.66. The van der Waals surface area contributed by atoms with Gasteiger partial charge in [0.05, 0.1) is 22.7 Å². The number of alkyl halides is 3. The Morgan fingerprint density at radius 3 is 2.14 bits per heavy atom. The molecule has 0 spiro atoms. The smallest absolute Gasteiger partial charge is 0.416 e. The van der Waals surface area contributed by atoms with Crippen molar-refractivity contribution in [2.45, 2.75) is 39.5 Å². The summed E-state index contributed by atoms with van der Waals surface area (Å²) < 4.78 is 43.5. The Hall–Kier alpha value is -3.76. The Labute approximate surface area is 201 Å². The zero-order valence-electron chi connectivity index (χ0n) is 20.1. The number of carbonyl (C=O) groups excluding carboxylic acids is 3. The number of hydrogen-bond donors (Lipinski definition) is 3. The van der Waals surface area contributed by atoms with Crippen LogP contribution < -0.4 is 16.2 Å². The summed E-state index contributed by atoms with van der Waals surface area (Å²) in [6.07, 6.45) is -5.03. The number of rotatable bonds is 6. The van der Waals surface area contributed by atoms with Crippen LogP contribution in [0.2, 0.25) is 0 Å². The molecular weight excluding hydrogens is 465 g/mol. The summed E-state index contributed by atoms with van der Waals surface area (Å²) in [7, 11) is 1.50. The van der Waals surface area contributed by atoms with E-state index in [9.17, 15) is 27.6 Å². The van der Waals surface area contributed by atoms with Gasteiger partial charge in [-0.2, -0.15) is 13.2 Å². The molecule has 0 saturated carbocycles. The van der Waals surface area contributed by atoms with Crippen LogP contribution in [0.4, 0.5) is 29.3 Å². The van der Waals surface area contributed by atoms with Gasteiger partial charge in [-0.05, 0) is 57.2 Å². The number of hydrazine groups is 1. The first-order valence-electron chi connectivity index (χ1n) is 10.7. The van der Waals surface area contributed by atoms with Crippen LogP contribution >= 0.6 is 0 Å². The predicted octanol–water partition coefficient (Wildman–Crippen LogP) is 4.71. The number of benzene rings is 2. The minimum Gasteiger partial charge on any atom is -0.444 e. The van der Waals surface area contributed by atoms with E-state index in [1.54, 1.807) is 45.9 Å². The lowest BCUT2D eigenvalue weighted by atomic mass is 10.1. The highest BCUT2D eigenvalue weighted by Crippen LogP contribution is 2.30. The first-order valence-corrected chi connectivity index (χ1v) is 10.7. The highest BCUT2D eigenvalue weighted by atomic mass is 19.4. The van der Waals surface area contributed by atoms with Gasteiger partial charge in [0.15, 0.2) is 0 Å². The summed E-state index contributed by atoms with van der Waals surface area (Å²) in [5.41, 5.74) is 4.01. The second-order valence-corrected chi connectivity index (χ2v) is 8.95. The van der Waals surface area contributed by atoms with Crippen molar-refractivity contribution in [3.05, 3.63) is 59.7 Å². The van der Waals surface area contributed by atoms with Gasteiger partial charge in [-0.1, -0.05) is 19.1 Å². The summed E-state index contributed by atoms with van der Waals surface area (Å²) in [6, 6.07) is 10.7. The third kappa shape index (κ3) is 8.51. The zero-order valence-corrected chi connectivity index (χ0v) is 20.1. The van der Waals surface area contributed by atoms with Crippen molar-refractivity contribution in [2.75, 3.05) is 18.9 Å². The Morgan fingerprint density at radius 2 is 1.57 bits per heavy atom. The second kappa shape index (κ2) is 11.1. The number of amides is 3. The Morgan fingerprint density at radius 1 is 0.971 bits per heavy atom. The van der Waals surface area contributed by atoms with E-state index in [4.69, 9.17) is 4.74 Å². The first-order chi connectivity index (χ1) is 16.2. The molecular formula is C24H29F3N4O4. The second-order valence-electron chi connectivity index (χ2n) is 8.95. The van der Waals surface area contributed by atoms with Crippen LogP contribution in [-0.4, -0.2) is 42.0 Å². The maximum Gasteiger partial charge on any atom is 0.416 e. The summed E-state index contributed by atoms with van der Waals surface area (Å²) >= 11 is 0. The molecule has 0 radical (unpaired) electrons. The van der Waals surface area contributed by atoms with Crippen molar-refractivity contribution in [1.29, 1.82) is 0 Å². The summed E-state index contributed by atoms with van der Waals surface area (Å²) in [6.45, 7) is 6.84. The molecule has 2 aromatic rings. The SMILES string of the molecule is CC(CN(C)C(=O)OC(C)(C)C)C(=O)NNC(=O)c1ccccc1Nc1ccc(C(F)(F)F)cc1. The van der Waals surface area contributed by atoms with E-state index in [-0.39, 0.29) is 12.1 Å². The third-order valence-corrected chi connectivity index (χ3v) is 4.66. The molecule has 2 aromatic carbocycles. The minimum atomic E-state index is -4.45. The lowest BCUT2D eigenvalue weighted by molar-refractivity contribution is -0.137. The van der Waals surface area contributed by atoms with Crippen LogP contribution in [-0.2, 0) is 15.7 Å². The van der Waals surface area contributed by atoms with Gasteiger partial charge in [0, 0.05) is 19.3 Å². The maximum atomic E-state index is 12.8. The molecule has 11 heteroatoms. The van der Waals surface area contributed by atoms with Gasteiger partial charge in [-0.15, -0.1) is 0 Å². The van der Waals surface area contributed by atoms with E-state index in [1.807, 2.05) is 0 Å². The number of nitrogens with one attached hydrogen (secondary N) is 3. The summed E-state index contributed by atoms with van der Waals surface area (Å²) in [4.78, 5) is 38.4. The lowest BCUT2D eigenvalue weighted by Gasteiger charge is -2.26. The minimum absolute atomic E-state index is 0.0582. The molecule has 0 aliphatic heterocycles. The summed E-state index contributed by atoms with van der Waals surface area (Å²) in [5.74, 6) is -1.82. The number of nitrogens with zero attached hydrogens (tertiary/aromatic N) is 1. The van der Waals surface area contributed by atoms with E-state index in [0.717, 1.165) is 12.1 Å². The van der Waals surface area contributed by atoms with Gasteiger partial charge in [0.2, 0.25) is 5.91 Å². The predicted molar refractivity (Wildman–Crippen MR) is 125 cm³/mol. The highest BCUT2D eigenvalue weighted by Gasteiger charge is 2.30. The van der Waals surface area contributed by atoms with Gasteiger partial charge in [0.25, 0.3) is 5.91 Å². The Balaban J connectivity index is 1.97. The fraction of sp³-hybridized carbons (Fsp3) is 0.375. The number of ether oxygens (including phenoxy) is 1. The molecule has 0 fully saturated rings. The number of anilines is 2. The molecule has 2 rings (SSSR count). The fourth-order valence-electron chi connectivity index (χ4n) is 2.91. The van der Waals surface area contributed by atoms with Crippen LogP contribution in [0.25, 0.3) is 0 Å². The maximum absolute atomic E-state index is 12.8. The quantitative estimate of drug-likeness (QED) is 0.505. The molecule has 0 aromatic heterocycles. The van der Waals surface area contributed by atoms with Crippen molar-refractivity contribution in [1.82, 2.24) is 15.8 Å². The zero-order chi connectivity index (χ0) is 26.4. The van der Waals surface area contributed by atoms with E-state index in [1.165, 1.54) is 30.1 Å². The molecule has 1 atom stereocenters. The van der Waals surface area contributed by atoms with Gasteiger partial charge >= 0.3 is 12.3 Å². The first kappa shape index (κ1) is 27.5. The van der Waals surface area contributed by atoms with Crippen LogP contribution in [0.3, 0.4) is 0 Å². The summed E-state index contributed by atoms with van der Waals surface area (Å²) in [5, 5.41) is 2.90. The van der Waals surface area contributed by atoms with E-state index in [0.29, 0.717) is 11.4 Å². The van der Waals surface area contributed by atoms with Crippen molar-refractivity contribution < 1.29 is 32.3 Å². The Kier molecular flexibility index (Phi) is 8.72. The largest absolute Gasteiger partial charge is 0.444 e. The van der Waals surface area contributed by atoms with Gasteiger partial charge in [0.1, 0.15) is 5.60 Å².